The minimum atomic E-state index is -1.03. The predicted octanol–water partition coefficient (Wildman–Crippen LogP) is 2.97. The third kappa shape index (κ3) is 3.12. The molecule has 15 heavy (non-hydrogen) atoms. The Hall–Kier alpha value is -1.79. The van der Waals surface area contributed by atoms with Gasteiger partial charge in [-0.15, -0.1) is 0 Å². The summed E-state index contributed by atoms with van der Waals surface area (Å²) in [6.45, 7) is 0. The summed E-state index contributed by atoms with van der Waals surface area (Å²) in [5.74, 6) is -1.03. The van der Waals surface area contributed by atoms with Gasteiger partial charge in [-0.3, -0.25) is 0 Å². The molecule has 0 aromatic heterocycles. The number of rotatable bonds is 3. The molecule has 0 atom stereocenters. The molecule has 0 aliphatic rings. The second-order valence-corrected chi connectivity index (χ2v) is 3.24. The number of allylic oxidation sites excluding steroid dienone is 1. The summed E-state index contributed by atoms with van der Waals surface area (Å²) in [5, 5.41) is 17.6. The molecule has 0 aliphatic heterocycles. The fourth-order valence-electron chi connectivity index (χ4n) is 1.10. The van der Waals surface area contributed by atoms with Crippen LogP contribution in [-0.4, -0.2) is 11.1 Å². The zero-order valence-electron chi connectivity index (χ0n) is 7.77. The second-order valence-electron chi connectivity index (χ2n) is 2.80. The lowest BCUT2D eigenvalue weighted by molar-refractivity contribution is 0.0696. The van der Waals surface area contributed by atoms with Crippen molar-refractivity contribution < 1.29 is 9.90 Å². The normalized spacial score (nSPS) is 10.1. The van der Waals surface area contributed by atoms with Crippen molar-refractivity contribution in [2.45, 2.75) is 6.42 Å². The second kappa shape index (κ2) is 5.18. The van der Waals surface area contributed by atoms with Crippen LogP contribution in [0.5, 0.6) is 0 Å². The fourth-order valence-corrected chi connectivity index (χ4v) is 1.27. The third-order valence-corrected chi connectivity index (χ3v) is 1.99. The van der Waals surface area contributed by atoms with Gasteiger partial charge < -0.3 is 5.11 Å². The molecule has 0 bridgehead atoms. The van der Waals surface area contributed by atoms with E-state index in [0.717, 1.165) is 0 Å². The molecule has 1 aromatic carbocycles. The number of aromatic carboxylic acids is 1. The maximum absolute atomic E-state index is 10.8. The molecule has 0 unspecified atom stereocenters. The molecule has 0 saturated carbocycles. The quantitative estimate of drug-likeness (QED) is 0.854. The van der Waals surface area contributed by atoms with Crippen molar-refractivity contribution in [1.82, 2.24) is 0 Å². The first-order valence-electron chi connectivity index (χ1n) is 4.21. The van der Waals surface area contributed by atoms with E-state index in [9.17, 15) is 4.79 Å². The summed E-state index contributed by atoms with van der Waals surface area (Å²) >= 11 is 5.68. The van der Waals surface area contributed by atoms with Crippen LogP contribution in [0.4, 0.5) is 0 Å². The van der Waals surface area contributed by atoms with E-state index in [1.807, 2.05) is 6.07 Å². The summed E-state index contributed by atoms with van der Waals surface area (Å²) < 4.78 is 0. The molecular weight excluding hydrogens is 214 g/mol. The van der Waals surface area contributed by atoms with E-state index in [2.05, 4.69) is 0 Å². The minimum Gasteiger partial charge on any atom is -0.478 e. The highest BCUT2D eigenvalue weighted by Gasteiger charge is 2.07. The zero-order valence-corrected chi connectivity index (χ0v) is 8.53. The van der Waals surface area contributed by atoms with E-state index in [-0.39, 0.29) is 12.0 Å². The lowest BCUT2D eigenvalue weighted by atomic mass is 10.1. The highest BCUT2D eigenvalue weighted by molar-refractivity contribution is 6.31. The highest BCUT2D eigenvalue weighted by Crippen LogP contribution is 2.17. The summed E-state index contributed by atoms with van der Waals surface area (Å²) in [6, 6.07) is 6.54. The average Bonchev–Trinajstić information content (AvgIpc) is 2.20. The van der Waals surface area contributed by atoms with Crippen LogP contribution < -0.4 is 0 Å². The first kappa shape index (κ1) is 11.3. The largest absolute Gasteiger partial charge is 0.478 e. The molecule has 0 heterocycles. The van der Waals surface area contributed by atoms with Gasteiger partial charge in [-0.2, -0.15) is 5.26 Å². The number of carboxylic acids is 1. The van der Waals surface area contributed by atoms with Crippen LogP contribution >= 0.6 is 11.6 Å². The number of halogens is 1. The van der Waals surface area contributed by atoms with Crippen molar-refractivity contribution >= 4 is 23.6 Å². The minimum absolute atomic E-state index is 0.136. The van der Waals surface area contributed by atoms with Gasteiger partial charge in [0.05, 0.1) is 18.1 Å². The topological polar surface area (TPSA) is 61.1 Å². The molecule has 3 nitrogen and oxygen atoms in total. The van der Waals surface area contributed by atoms with E-state index in [0.29, 0.717) is 10.6 Å². The maximum Gasteiger partial charge on any atom is 0.336 e. The number of hydrogen-bond donors (Lipinski definition) is 1. The predicted molar refractivity (Wildman–Crippen MR) is 57.7 cm³/mol. The van der Waals surface area contributed by atoms with Crippen molar-refractivity contribution in [2.75, 3.05) is 0 Å². The summed E-state index contributed by atoms with van der Waals surface area (Å²) in [4.78, 5) is 10.8. The van der Waals surface area contributed by atoms with Gasteiger partial charge >= 0.3 is 5.97 Å². The van der Waals surface area contributed by atoms with Crippen LogP contribution in [-0.2, 0) is 0 Å². The Morgan fingerprint density at radius 1 is 1.60 bits per heavy atom. The Morgan fingerprint density at radius 2 is 2.33 bits per heavy atom. The lowest BCUT2D eigenvalue weighted by Crippen LogP contribution is -1.99. The molecule has 0 radical (unpaired) electrons. The first-order chi connectivity index (χ1) is 7.15. The van der Waals surface area contributed by atoms with Crippen LogP contribution in [0.15, 0.2) is 24.3 Å². The zero-order chi connectivity index (χ0) is 11.3. The molecule has 1 rings (SSSR count). The summed E-state index contributed by atoms with van der Waals surface area (Å²) in [7, 11) is 0. The van der Waals surface area contributed by atoms with Crippen LogP contribution in [0.1, 0.15) is 22.3 Å². The van der Waals surface area contributed by atoms with Crippen LogP contribution in [0.25, 0.3) is 6.08 Å². The number of benzene rings is 1. The Balaban J connectivity index is 3.07. The van der Waals surface area contributed by atoms with Gasteiger partial charge in [-0.1, -0.05) is 29.8 Å². The molecule has 0 saturated heterocycles. The third-order valence-electron chi connectivity index (χ3n) is 1.75. The number of nitrogens with zero attached hydrogens (tertiary/aromatic N) is 1. The average molecular weight is 222 g/mol. The molecule has 0 amide bonds. The standard InChI is InChI=1S/C11H8ClNO2/c12-9-5-4-8(3-1-2-6-13)10(7-9)11(14)15/h1,3-5,7H,2H2,(H,14,15). The van der Waals surface area contributed by atoms with Crippen LogP contribution in [0.3, 0.4) is 0 Å². The smallest absolute Gasteiger partial charge is 0.336 e. The lowest BCUT2D eigenvalue weighted by Gasteiger charge is -2.00. The van der Waals surface area contributed by atoms with E-state index < -0.39 is 5.97 Å². The summed E-state index contributed by atoms with van der Waals surface area (Å²) in [6.07, 6.45) is 3.46. The van der Waals surface area contributed by atoms with Gasteiger partial charge in [-0.25, -0.2) is 4.79 Å². The van der Waals surface area contributed by atoms with Gasteiger partial charge in [0.1, 0.15) is 0 Å². The molecule has 1 aromatic rings. The molecule has 76 valence electrons. The van der Waals surface area contributed by atoms with Crippen molar-refractivity contribution in [3.8, 4) is 6.07 Å². The van der Waals surface area contributed by atoms with Crippen molar-refractivity contribution in [3.63, 3.8) is 0 Å². The van der Waals surface area contributed by atoms with Crippen molar-refractivity contribution in [1.29, 1.82) is 5.26 Å². The molecule has 1 N–H and O–H groups in total. The van der Waals surface area contributed by atoms with E-state index >= 15 is 0 Å². The molecule has 0 aliphatic carbocycles. The van der Waals surface area contributed by atoms with E-state index in [1.165, 1.54) is 6.07 Å². The van der Waals surface area contributed by atoms with E-state index in [4.69, 9.17) is 22.0 Å². The Kier molecular flexibility index (Phi) is 3.90. The van der Waals surface area contributed by atoms with Gasteiger partial charge in [-0.05, 0) is 17.7 Å². The number of carbonyl (C=O) groups is 1. The summed E-state index contributed by atoms with van der Waals surface area (Å²) in [5.41, 5.74) is 0.679. The molecule has 0 fully saturated rings. The number of nitriles is 1. The molecule has 0 spiro atoms. The maximum atomic E-state index is 10.8. The first-order valence-corrected chi connectivity index (χ1v) is 4.59. The number of hydrogen-bond acceptors (Lipinski definition) is 2. The van der Waals surface area contributed by atoms with Crippen LogP contribution in [0, 0.1) is 11.3 Å². The van der Waals surface area contributed by atoms with Crippen molar-refractivity contribution in [2.24, 2.45) is 0 Å². The van der Waals surface area contributed by atoms with E-state index in [1.54, 1.807) is 24.3 Å². The highest BCUT2D eigenvalue weighted by atomic mass is 35.5. The van der Waals surface area contributed by atoms with Gasteiger partial charge in [0.15, 0.2) is 0 Å². The fraction of sp³-hybridized carbons (Fsp3) is 0.0909. The Bertz CT molecular complexity index is 446. The van der Waals surface area contributed by atoms with Gasteiger partial charge in [0.2, 0.25) is 0 Å². The number of carboxylic acid groups (broad SMARTS) is 1. The molecule has 4 heteroatoms. The monoisotopic (exact) mass is 221 g/mol. The van der Waals surface area contributed by atoms with Gasteiger partial charge in [0, 0.05) is 5.02 Å². The molecular formula is C11H8ClNO2. The Labute approximate surface area is 92.2 Å². The van der Waals surface area contributed by atoms with Crippen molar-refractivity contribution in [3.05, 3.63) is 40.4 Å². The van der Waals surface area contributed by atoms with Crippen LogP contribution in [0.2, 0.25) is 5.02 Å². The SMILES string of the molecule is N#CCC=Cc1ccc(Cl)cc1C(=O)O. The Morgan fingerprint density at radius 3 is 2.93 bits per heavy atom. The van der Waals surface area contributed by atoms with Gasteiger partial charge in [0.25, 0.3) is 0 Å².